The summed E-state index contributed by atoms with van der Waals surface area (Å²) in [5.74, 6) is -0.257. The highest BCUT2D eigenvalue weighted by Gasteiger charge is 2.29. The van der Waals surface area contributed by atoms with Gasteiger partial charge in [-0.15, -0.1) is 0 Å². The molecule has 80 valence electrons. The summed E-state index contributed by atoms with van der Waals surface area (Å²) in [4.78, 5) is 13.4. The standard InChI is InChI=1S/C11H11BrFNO/c1-7-2-3-9(13)5-10(7)14-6-8(12)4-11(14)15/h2-3,5,8H,4,6H2,1H3. The molecule has 15 heavy (non-hydrogen) atoms. The monoisotopic (exact) mass is 271 g/mol. The Kier molecular flexibility index (Phi) is 2.78. The molecule has 0 N–H and O–H groups in total. The van der Waals surface area contributed by atoms with E-state index in [0.717, 1.165) is 5.56 Å². The molecule has 1 aliphatic heterocycles. The molecular weight excluding hydrogens is 261 g/mol. The van der Waals surface area contributed by atoms with Crippen LogP contribution in [0.2, 0.25) is 0 Å². The van der Waals surface area contributed by atoms with E-state index in [1.807, 2.05) is 6.92 Å². The van der Waals surface area contributed by atoms with E-state index in [1.165, 1.54) is 12.1 Å². The predicted octanol–water partition coefficient (Wildman–Crippen LogP) is 2.63. The Labute approximate surface area is 96.2 Å². The highest BCUT2D eigenvalue weighted by molar-refractivity contribution is 9.09. The second kappa shape index (κ2) is 3.93. The molecule has 2 rings (SSSR count). The summed E-state index contributed by atoms with van der Waals surface area (Å²) in [6.07, 6.45) is 0.482. The van der Waals surface area contributed by atoms with Crippen LogP contribution in [-0.4, -0.2) is 17.3 Å². The second-order valence-corrected chi connectivity index (χ2v) is 5.03. The van der Waals surface area contributed by atoms with Crippen LogP contribution in [-0.2, 0) is 4.79 Å². The minimum atomic E-state index is -0.304. The van der Waals surface area contributed by atoms with E-state index >= 15 is 0 Å². The molecule has 1 amide bonds. The fourth-order valence-corrected chi connectivity index (χ4v) is 2.34. The lowest BCUT2D eigenvalue weighted by molar-refractivity contribution is -0.117. The Balaban J connectivity index is 2.37. The van der Waals surface area contributed by atoms with Gasteiger partial charge in [0.05, 0.1) is 0 Å². The molecule has 1 aromatic carbocycles. The molecule has 1 unspecified atom stereocenters. The Hall–Kier alpha value is -0.900. The summed E-state index contributed by atoms with van der Waals surface area (Å²) in [6.45, 7) is 2.49. The highest BCUT2D eigenvalue weighted by Crippen LogP contribution is 2.28. The first kappa shape index (κ1) is 10.6. The van der Waals surface area contributed by atoms with Gasteiger partial charge in [0, 0.05) is 23.5 Å². The number of benzene rings is 1. The summed E-state index contributed by atoms with van der Waals surface area (Å²) in [5, 5.41) is 0. The zero-order valence-corrected chi connectivity index (χ0v) is 9.92. The van der Waals surface area contributed by atoms with Crippen molar-refractivity contribution in [2.75, 3.05) is 11.4 Å². The number of carbonyl (C=O) groups is 1. The molecule has 0 aliphatic carbocycles. The highest BCUT2D eigenvalue weighted by atomic mass is 79.9. The molecule has 1 atom stereocenters. The van der Waals surface area contributed by atoms with Crippen molar-refractivity contribution in [3.8, 4) is 0 Å². The number of hydrogen-bond donors (Lipinski definition) is 0. The van der Waals surface area contributed by atoms with Gasteiger partial charge in [-0.2, -0.15) is 0 Å². The van der Waals surface area contributed by atoms with Gasteiger partial charge in [-0.25, -0.2) is 4.39 Å². The normalized spacial score (nSPS) is 21.1. The fraction of sp³-hybridized carbons (Fsp3) is 0.364. The van der Waals surface area contributed by atoms with Crippen molar-refractivity contribution in [2.24, 2.45) is 0 Å². The van der Waals surface area contributed by atoms with Crippen molar-refractivity contribution in [1.29, 1.82) is 0 Å². The lowest BCUT2D eigenvalue weighted by Crippen LogP contribution is -2.25. The number of anilines is 1. The predicted molar refractivity (Wildman–Crippen MR) is 60.8 cm³/mol. The summed E-state index contributed by atoms with van der Waals surface area (Å²) in [7, 11) is 0. The molecule has 1 fully saturated rings. The third-order valence-electron chi connectivity index (χ3n) is 2.54. The first-order valence-electron chi connectivity index (χ1n) is 4.78. The summed E-state index contributed by atoms with van der Waals surface area (Å²) in [5.41, 5.74) is 1.60. The number of halogens is 2. The Bertz CT molecular complexity index is 408. The smallest absolute Gasteiger partial charge is 0.228 e. The van der Waals surface area contributed by atoms with Crippen molar-refractivity contribution < 1.29 is 9.18 Å². The van der Waals surface area contributed by atoms with Crippen LogP contribution in [0.25, 0.3) is 0 Å². The van der Waals surface area contributed by atoms with Gasteiger partial charge in [0.2, 0.25) is 5.91 Å². The number of hydrogen-bond acceptors (Lipinski definition) is 1. The zero-order chi connectivity index (χ0) is 11.0. The van der Waals surface area contributed by atoms with Crippen LogP contribution < -0.4 is 4.90 Å². The van der Waals surface area contributed by atoms with Crippen molar-refractivity contribution in [3.05, 3.63) is 29.6 Å². The van der Waals surface area contributed by atoms with Crippen LogP contribution in [0.5, 0.6) is 0 Å². The molecule has 1 aliphatic rings. The number of nitrogens with zero attached hydrogens (tertiary/aromatic N) is 1. The Morgan fingerprint density at radius 2 is 2.27 bits per heavy atom. The molecule has 2 nitrogen and oxygen atoms in total. The van der Waals surface area contributed by atoms with E-state index in [1.54, 1.807) is 11.0 Å². The average Bonchev–Trinajstić information content (AvgIpc) is 2.50. The van der Waals surface area contributed by atoms with Crippen LogP contribution in [0, 0.1) is 12.7 Å². The van der Waals surface area contributed by atoms with Gasteiger partial charge in [0.1, 0.15) is 5.82 Å². The maximum absolute atomic E-state index is 13.1. The van der Waals surface area contributed by atoms with Crippen molar-refractivity contribution >= 4 is 27.5 Å². The van der Waals surface area contributed by atoms with Crippen LogP contribution in [0.1, 0.15) is 12.0 Å². The molecule has 1 heterocycles. The minimum Gasteiger partial charge on any atom is -0.311 e. The van der Waals surface area contributed by atoms with Gasteiger partial charge >= 0.3 is 0 Å². The van der Waals surface area contributed by atoms with Crippen LogP contribution in [0.3, 0.4) is 0 Å². The molecule has 0 bridgehead atoms. The van der Waals surface area contributed by atoms with E-state index in [0.29, 0.717) is 18.7 Å². The van der Waals surface area contributed by atoms with E-state index in [4.69, 9.17) is 0 Å². The molecule has 0 aromatic heterocycles. The van der Waals surface area contributed by atoms with Crippen LogP contribution >= 0.6 is 15.9 Å². The fourth-order valence-electron chi connectivity index (χ4n) is 1.77. The van der Waals surface area contributed by atoms with E-state index in [2.05, 4.69) is 15.9 Å². The maximum Gasteiger partial charge on any atom is 0.228 e. The third-order valence-corrected chi connectivity index (χ3v) is 3.15. The first-order valence-corrected chi connectivity index (χ1v) is 5.70. The Morgan fingerprint density at radius 3 is 2.87 bits per heavy atom. The second-order valence-electron chi connectivity index (χ2n) is 3.74. The van der Waals surface area contributed by atoms with Gasteiger partial charge in [0.25, 0.3) is 0 Å². The SMILES string of the molecule is Cc1ccc(F)cc1N1CC(Br)CC1=O. The van der Waals surface area contributed by atoms with E-state index in [-0.39, 0.29) is 16.6 Å². The molecular formula is C11H11BrFNO. The van der Waals surface area contributed by atoms with Gasteiger partial charge in [-0.3, -0.25) is 4.79 Å². The van der Waals surface area contributed by atoms with Gasteiger partial charge < -0.3 is 4.90 Å². The topological polar surface area (TPSA) is 20.3 Å². The first-order chi connectivity index (χ1) is 7.08. The molecule has 0 radical (unpaired) electrons. The number of aryl methyl sites for hydroxylation is 1. The lowest BCUT2D eigenvalue weighted by atomic mass is 10.2. The van der Waals surface area contributed by atoms with Crippen molar-refractivity contribution in [1.82, 2.24) is 0 Å². The molecule has 0 saturated carbocycles. The molecule has 1 saturated heterocycles. The quantitative estimate of drug-likeness (QED) is 0.720. The zero-order valence-electron chi connectivity index (χ0n) is 8.34. The molecule has 1 aromatic rings. The summed E-state index contributed by atoms with van der Waals surface area (Å²) < 4.78 is 13.1. The number of amides is 1. The van der Waals surface area contributed by atoms with Crippen molar-refractivity contribution in [3.63, 3.8) is 0 Å². The number of carbonyl (C=O) groups excluding carboxylic acids is 1. The molecule has 4 heteroatoms. The van der Waals surface area contributed by atoms with Crippen LogP contribution in [0.4, 0.5) is 10.1 Å². The van der Waals surface area contributed by atoms with Gasteiger partial charge in [0.15, 0.2) is 0 Å². The number of rotatable bonds is 1. The Morgan fingerprint density at radius 1 is 1.53 bits per heavy atom. The van der Waals surface area contributed by atoms with Crippen LogP contribution in [0.15, 0.2) is 18.2 Å². The van der Waals surface area contributed by atoms with E-state index < -0.39 is 0 Å². The van der Waals surface area contributed by atoms with Gasteiger partial charge in [-0.1, -0.05) is 22.0 Å². The summed E-state index contributed by atoms with van der Waals surface area (Å²) >= 11 is 3.40. The largest absolute Gasteiger partial charge is 0.311 e. The third kappa shape index (κ3) is 2.04. The maximum atomic E-state index is 13.1. The average molecular weight is 272 g/mol. The van der Waals surface area contributed by atoms with Crippen molar-refractivity contribution in [2.45, 2.75) is 18.2 Å². The van der Waals surface area contributed by atoms with Gasteiger partial charge in [-0.05, 0) is 24.6 Å². The summed E-state index contributed by atoms with van der Waals surface area (Å²) in [6, 6.07) is 4.52. The minimum absolute atomic E-state index is 0.0468. The van der Waals surface area contributed by atoms with E-state index in [9.17, 15) is 9.18 Å². The molecule has 0 spiro atoms. The lowest BCUT2D eigenvalue weighted by Gasteiger charge is -2.18. The number of alkyl halides is 1.